The lowest BCUT2D eigenvalue weighted by Gasteiger charge is -2.32. The average Bonchev–Trinajstić information content (AvgIpc) is 3.43. The van der Waals surface area contributed by atoms with Crippen molar-refractivity contribution in [2.24, 2.45) is 5.92 Å². The fourth-order valence-corrected chi connectivity index (χ4v) is 4.36. The number of benzene rings is 2. The number of rotatable bonds is 4. The summed E-state index contributed by atoms with van der Waals surface area (Å²) >= 11 is 0. The molecule has 2 aromatic carbocycles. The SMILES string of the molecule is CC(C)Oc1ccc(C(=O)N2CCC3(c4ccccc4)CC3C2)cc1C#N. The second-order valence-electron chi connectivity index (χ2n) is 7.91. The average molecular weight is 360 g/mol. The first-order valence-electron chi connectivity index (χ1n) is 9.59. The molecule has 4 rings (SSSR count). The fourth-order valence-electron chi connectivity index (χ4n) is 4.36. The lowest BCUT2D eigenvalue weighted by molar-refractivity contribution is 0.0707. The van der Waals surface area contributed by atoms with Crippen molar-refractivity contribution in [1.29, 1.82) is 5.26 Å². The number of amides is 1. The first kappa shape index (κ1) is 17.6. The van der Waals surface area contributed by atoms with E-state index in [1.54, 1.807) is 18.2 Å². The van der Waals surface area contributed by atoms with E-state index < -0.39 is 0 Å². The van der Waals surface area contributed by atoms with Gasteiger partial charge in [0.05, 0.1) is 11.7 Å². The third-order valence-electron chi connectivity index (χ3n) is 5.85. The molecule has 1 amide bonds. The molecule has 1 aliphatic carbocycles. The number of likely N-dealkylation sites (tertiary alicyclic amines) is 1. The molecule has 1 saturated heterocycles. The number of fused-ring (bicyclic) bond motifs is 1. The Labute approximate surface area is 160 Å². The standard InChI is InChI=1S/C23H24N2O2/c1-16(2)27-21-9-8-17(12-18(21)14-24)22(26)25-11-10-23(13-20(23)15-25)19-6-4-3-5-7-19/h3-9,12,16,20H,10-11,13,15H2,1-2H3. The van der Waals surface area contributed by atoms with Crippen LogP contribution in [0.4, 0.5) is 0 Å². The molecule has 1 saturated carbocycles. The van der Waals surface area contributed by atoms with Gasteiger partial charge in [0, 0.05) is 24.1 Å². The Hall–Kier alpha value is -2.80. The van der Waals surface area contributed by atoms with Crippen LogP contribution in [0.25, 0.3) is 0 Å². The zero-order valence-corrected chi connectivity index (χ0v) is 15.8. The van der Waals surface area contributed by atoms with Gasteiger partial charge in [0.25, 0.3) is 5.91 Å². The largest absolute Gasteiger partial charge is 0.490 e. The van der Waals surface area contributed by atoms with E-state index in [0.29, 0.717) is 22.8 Å². The summed E-state index contributed by atoms with van der Waals surface area (Å²) in [7, 11) is 0. The number of nitrogens with zero attached hydrogens (tertiary/aromatic N) is 2. The van der Waals surface area contributed by atoms with Gasteiger partial charge in [-0.25, -0.2) is 0 Å². The summed E-state index contributed by atoms with van der Waals surface area (Å²) in [6, 6.07) is 18.0. The Balaban J connectivity index is 1.48. The minimum atomic E-state index is -0.0123. The van der Waals surface area contributed by atoms with Gasteiger partial charge in [-0.15, -0.1) is 0 Å². The molecular weight excluding hydrogens is 336 g/mol. The van der Waals surface area contributed by atoms with Gasteiger partial charge in [-0.05, 0) is 56.4 Å². The number of piperidine rings is 1. The van der Waals surface area contributed by atoms with Crippen LogP contribution < -0.4 is 4.74 Å². The van der Waals surface area contributed by atoms with Crippen molar-refractivity contribution in [2.45, 2.75) is 38.2 Å². The van der Waals surface area contributed by atoms with Gasteiger partial charge in [0.1, 0.15) is 11.8 Å². The smallest absolute Gasteiger partial charge is 0.253 e. The Kier molecular flexibility index (Phi) is 4.39. The first-order valence-corrected chi connectivity index (χ1v) is 9.59. The topological polar surface area (TPSA) is 53.3 Å². The second-order valence-corrected chi connectivity index (χ2v) is 7.91. The number of carbonyl (C=O) groups excluding carboxylic acids is 1. The van der Waals surface area contributed by atoms with Crippen LogP contribution in [0.15, 0.2) is 48.5 Å². The number of hydrogen-bond donors (Lipinski definition) is 0. The molecule has 2 atom stereocenters. The molecule has 2 aliphatic rings. The quantitative estimate of drug-likeness (QED) is 0.823. The van der Waals surface area contributed by atoms with E-state index in [0.717, 1.165) is 25.9 Å². The van der Waals surface area contributed by atoms with Crippen LogP contribution in [0.3, 0.4) is 0 Å². The monoisotopic (exact) mass is 360 g/mol. The molecule has 27 heavy (non-hydrogen) atoms. The molecule has 4 nitrogen and oxygen atoms in total. The van der Waals surface area contributed by atoms with E-state index in [1.807, 2.05) is 18.7 Å². The summed E-state index contributed by atoms with van der Waals surface area (Å²) in [5.74, 6) is 1.08. The third kappa shape index (κ3) is 3.19. The maximum absolute atomic E-state index is 13.0. The van der Waals surface area contributed by atoms with Gasteiger partial charge in [0.2, 0.25) is 0 Å². The molecule has 2 aromatic rings. The lowest BCUT2D eigenvalue weighted by Crippen LogP contribution is -2.40. The van der Waals surface area contributed by atoms with Crippen molar-refractivity contribution in [3.63, 3.8) is 0 Å². The van der Waals surface area contributed by atoms with Crippen LogP contribution in [0.1, 0.15) is 48.2 Å². The van der Waals surface area contributed by atoms with Crippen molar-refractivity contribution in [3.05, 3.63) is 65.2 Å². The Morgan fingerprint density at radius 2 is 2.04 bits per heavy atom. The summed E-state index contributed by atoms with van der Waals surface area (Å²) < 4.78 is 5.65. The van der Waals surface area contributed by atoms with E-state index in [2.05, 4.69) is 36.4 Å². The van der Waals surface area contributed by atoms with Gasteiger partial charge in [-0.3, -0.25) is 4.79 Å². The maximum Gasteiger partial charge on any atom is 0.253 e. The molecule has 2 unspecified atom stereocenters. The summed E-state index contributed by atoms with van der Waals surface area (Å²) in [6.45, 7) is 5.39. The molecule has 0 spiro atoms. The normalized spacial score (nSPS) is 23.5. The molecule has 138 valence electrons. The molecule has 0 bridgehead atoms. The van der Waals surface area contributed by atoms with E-state index in [4.69, 9.17) is 4.74 Å². The first-order chi connectivity index (χ1) is 13.0. The van der Waals surface area contributed by atoms with Crippen molar-refractivity contribution in [1.82, 2.24) is 4.90 Å². The van der Waals surface area contributed by atoms with Crippen molar-refractivity contribution >= 4 is 5.91 Å². The van der Waals surface area contributed by atoms with Crippen LogP contribution >= 0.6 is 0 Å². The van der Waals surface area contributed by atoms with Gasteiger partial charge in [-0.1, -0.05) is 30.3 Å². The minimum Gasteiger partial charge on any atom is -0.490 e. The maximum atomic E-state index is 13.0. The Morgan fingerprint density at radius 1 is 1.26 bits per heavy atom. The zero-order chi connectivity index (χ0) is 19.0. The van der Waals surface area contributed by atoms with E-state index >= 15 is 0 Å². The Bertz CT molecular complexity index is 900. The summed E-state index contributed by atoms with van der Waals surface area (Å²) in [5, 5.41) is 9.40. The third-order valence-corrected chi connectivity index (χ3v) is 5.85. The molecule has 1 aliphatic heterocycles. The number of carbonyl (C=O) groups is 1. The highest BCUT2D eigenvalue weighted by Gasteiger charge is 2.57. The molecular formula is C23H24N2O2. The lowest BCUT2D eigenvalue weighted by atomic mass is 9.87. The summed E-state index contributed by atoms with van der Waals surface area (Å²) in [5.41, 5.74) is 2.65. The fraction of sp³-hybridized carbons (Fsp3) is 0.391. The molecule has 1 heterocycles. The second kappa shape index (κ2) is 6.74. The van der Waals surface area contributed by atoms with Gasteiger partial charge < -0.3 is 9.64 Å². The summed E-state index contributed by atoms with van der Waals surface area (Å²) in [4.78, 5) is 14.9. The number of hydrogen-bond acceptors (Lipinski definition) is 3. The van der Waals surface area contributed by atoms with Crippen LogP contribution in [0, 0.1) is 17.2 Å². The molecule has 4 heteroatoms. The highest BCUT2D eigenvalue weighted by molar-refractivity contribution is 5.95. The number of ether oxygens (including phenoxy) is 1. The number of nitriles is 1. The van der Waals surface area contributed by atoms with Crippen molar-refractivity contribution < 1.29 is 9.53 Å². The summed E-state index contributed by atoms with van der Waals surface area (Å²) in [6.07, 6.45) is 2.15. The van der Waals surface area contributed by atoms with Gasteiger partial charge >= 0.3 is 0 Å². The van der Waals surface area contributed by atoms with Crippen LogP contribution in [0.5, 0.6) is 5.75 Å². The van der Waals surface area contributed by atoms with Gasteiger partial charge in [0.15, 0.2) is 0 Å². The minimum absolute atomic E-state index is 0.0103. The highest BCUT2D eigenvalue weighted by atomic mass is 16.5. The highest BCUT2D eigenvalue weighted by Crippen LogP contribution is 2.59. The molecule has 0 radical (unpaired) electrons. The Morgan fingerprint density at radius 3 is 2.70 bits per heavy atom. The predicted octanol–water partition coefficient (Wildman–Crippen LogP) is 4.15. The van der Waals surface area contributed by atoms with Gasteiger partial charge in [-0.2, -0.15) is 5.26 Å². The van der Waals surface area contributed by atoms with Crippen molar-refractivity contribution in [3.8, 4) is 11.8 Å². The molecule has 0 aromatic heterocycles. The van der Waals surface area contributed by atoms with Crippen LogP contribution in [-0.2, 0) is 5.41 Å². The molecule has 2 fully saturated rings. The predicted molar refractivity (Wildman–Crippen MR) is 104 cm³/mol. The van der Waals surface area contributed by atoms with E-state index in [-0.39, 0.29) is 17.4 Å². The van der Waals surface area contributed by atoms with Crippen LogP contribution in [-0.4, -0.2) is 30.0 Å². The molecule has 0 N–H and O–H groups in total. The van der Waals surface area contributed by atoms with E-state index in [9.17, 15) is 10.1 Å². The zero-order valence-electron chi connectivity index (χ0n) is 15.8. The van der Waals surface area contributed by atoms with E-state index in [1.165, 1.54) is 5.56 Å². The van der Waals surface area contributed by atoms with Crippen LogP contribution in [0.2, 0.25) is 0 Å². The van der Waals surface area contributed by atoms with Crippen molar-refractivity contribution in [2.75, 3.05) is 13.1 Å².